The Morgan fingerprint density at radius 3 is 2.47 bits per heavy atom. The first kappa shape index (κ1) is 15.7. The highest BCUT2D eigenvalue weighted by atomic mass is 16.5. The van der Waals surface area contributed by atoms with Gasteiger partial charge in [-0.05, 0) is 12.0 Å². The van der Waals surface area contributed by atoms with Crippen molar-refractivity contribution in [2.24, 2.45) is 0 Å². The second kappa shape index (κ2) is 11.1. The predicted molar refractivity (Wildman–Crippen MR) is 70.7 cm³/mol. The van der Waals surface area contributed by atoms with E-state index >= 15 is 0 Å². The number of benzene rings is 1. The van der Waals surface area contributed by atoms with Crippen LogP contribution in [0.1, 0.15) is 32.8 Å². The van der Waals surface area contributed by atoms with Gasteiger partial charge in [0.15, 0.2) is 0 Å². The van der Waals surface area contributed by atoms with Crippen LogP contribution in [0.4, 0.5) is 0 Å². The molecule has 1 aromatic rings. The molecule has 1 amide bonds. The lowest BCUT2D eigenvalue weighted by Crippen LogP contribution is -2.28. The van der Waals surface area contributed by atoms with Crippen molar-refractivity contribution in [2.75, 3.05) is 13.2 Å². The van der Waals surface area contributed by atoms with E-state index < -0.39 is 0 Å². The Kier molecular flexibility index (Phi) is 10.3. The van der Waals surface area contributed by atoms with Crippen molar-refractivity contribution in [3.8, 4) is 0 Å². The Balaban J connectivity index is 0.00000121. The van der Waals surface area contributed by atoms with Crippen LogP contribution in [-0.2, 0) is 16.1 Å². The van der Waals surface area contributed by atoms with Crippen molar-refractivity contribution in [3.63, 3.8) is 0 Å². The molecule has 96 valence electrons. The van der Waals surface area contributed by atoms with Crippen LogP contribution in [0.2, 0.25) is 0 Å². The van der Waals surface area contributed by atoms with Gasteiger partial charge in [-0.3, -0.25) is 4.79 Å². The standard InChI is InChI=1S/C12H17NO2.C2H6/c1-2-8-13-12(14)10-15-9-11-6-4-3-5-7-11;1-2/h3-7H,2,8-10H2,1H3,(H,13,14);1-2H3. The van der Waals surface area contributed by atoms with Crippen LogP contribution in [0.25, 0.3) is 0 Å². The minimum absolute atomic E-state index is 0.0484. The van der Waals surface area contributed by atoms with E-state index in [1.807, 2.05) is 51.1 Å². The monoisotopic (exact) mass is 237 g/mol. The molecule has 1 aromatic carbocycles. The van der Waals surface area contributed by atoms with E-state index in [2.05, 4.69) is 5.32 Å². The van der Waals surface area contributed by atoms with E-state index in [1.54, 1.807) is 0 Å². The fourth-order valence-electron chi connectivity index (χ4n) is 1.15. The fraction of sp³-hybridized carbons (Fsp3) is 0.500. The summed E-state index contributed by atoms with van der Waals surface area (Å²) < 4.78 is 5.27. The molecule has 1 rings (SSSR count). The van der Waals surface area contributed by atoms with Gasteiger partial charge in [0.05, 0.1) is 6.61 Å². The summed E-state index contributed by atoms with van der Waals surface area (Å²) in [5.41, 5.74) is 1.08. The number of rotatable bonds is 6. The third-order valence-corrected chi connectivity index (χ3v) is 1.92. The average molecular weight is 237 g/mol. The van der Waals surface area contributed by atoms with Crippen LogP contribution in [0.15, 0.2) is 30.3 Å². The highest BCUT2D eigenvalue weighted by molar-refractivity contribution is 5.77. The number of ether oxygens (including phenoxy) is 1. The molecule has 0 aromatic heterocycles. The molecule has 17 heavy (non-hydrogen) atoms. The molecule has 0 spiro atoms. The summed E-state index contributed by atoms with van der Waals surface area (Å²) in [6, 6.07) is 9.82. The number of hydrogen-bond acceptors (Lipinski definition) is 2. The smallest absolute Gasteiger partial charge is 0.246 e. The predicted octanol–water partition coefficient (Wildman–Crippen LogP) is 2.76. The van der Waals surface area contributed by atoms with Gasteiger partial charge >= 0.3 is 0 Å². The minimum Gasteiger partial charge on any atom is -0.367 e. The molecule has 0 radical (unpaired) electrons. The summed E-state index contributed by atoms with van der Waals surface area (Å²) in [5.74, 6) is -0.0484. The van der Waals surface area contributed by atoms with E-state index in [4.69, 9.17) is 4.74 Å². The zero-order valence-electron chi connectivity index (χ0n) is 11.0. The Labute approximate surface area is 104 Å². The van der Waals surface area contributed by atoms with Crippen LogP contribution < -0.4 is 5.32 Å². The van der Waals surface area contributed by atoms with Crippen LogP contribution in [0.5, 0.6) is 0 Å². The van der Waals surface area contributed by atoms with Crippen molar-refractivity contribution >= 4 is 5.91 Å². The van der Waals surface area contributed by atoms with E-state index in [1.165, 1.54) is 0 Å². The molecule has 0 bridgehead atoms. The Morgan fingerprint density at radius 1 is 1.24 bits per heavy atom. The van der Waals surface area contributed by atoms with E-state index in [0.29, 0.717) is 13.2 Å². The van der Waals surface area contributed by atoms with Crippen LogP contribution in [0, 0.1) is 0 Å². The molecular formula is C14H23NO2. The zero-order chi connectivity index (χ0) is 12.9. The van der Waals surface area contributed by atoms with Crippen molar-refractivity contribution < 1.29 is 9.53 Å². The highest BCUT2D eigenvalue weighted by Crippen LogP contribution is 1.99. The second-order valence-corrected chi connectivity index (χ2v) is 3.33. The molecule has 0 fully saturated rings. The molecule has 3 heteroatoms. The average Bonchev–Trinajstić information content (AvgIpc) is 2.40. The summed E-state index contributed by atoms with van der Waals surface area (Å²) in [5, 5.41) is 2.75. The molecule has 0 aliphatic heterocycles. The van der Waals surface area contributed by atoms with Crippen molar-refractivity contribution in [2.45, 2.75) is 33.8 Å². The Hall–Kier alpha value is -1.35. The molecule has 0 heterocycles. The van der Waals surface area contributed by atoms with Crippen LogP contribution in [-0.4, -0.2) is 19.1 Å². The summed E-state index contributed by atoms with van der Waals surface area (Å²) in [7, 11) is 0. The molecular weight excluding hydrogens is 214 g/mol. The second-order valence-electron chi connectivity index (χ2n) is 3.33. The Bertz CT molecular complexity index is 286. The fourth-order valence-corrected chi connectivity index (χ4v) is 1.15. The van der Waals surface area contributed by atoms with E-state index in [9.17, 15) is 4.79 Å². The Morgan fingerprint density at radius 2 is 1.88 bits per heavy atom. The van der Waals surface area contributed by atoms with Gasteiger partial charge in [0.25, 0.3) is 0 Å². The highest BCUT2D eigenvalue weighted by Gasteiger charge is 1.99. The van der Waals surface area contributed by atoms with Gasteiger partial charge in [-0.2, -0.15) is 0 Å². The maximum absolute atomic E-state index is 11.2. The SMILES string of the molecule is CC.CCCNC(=O)COCc1ccccc1. The van der Waals surface area contributed by atoms with Crippen LogP contribution >= 0.6 is 0 Å². The van der Waals surface area contributed by atoms with Gasteiger partial charge in [0, 0.05) is 6.54 Å². The molecule has 1 N–H and O–H groups in total. The minimum atomic E-state index is -0.0484. The molecule has 3 nitrogen and oxygen atoms in total. The normalized spacial score (nSPS) is 9.12. The van der Waals surface area contributed by atoms with Gasteiger partial charge in [-0.15, -0.1) is 0 Å². The van der Waals surface area contributed by atoms with Gasteiger partial charge < -0.3 is 10.1 Å². The lowest BCUT2D eigenvalue weighted by Gasteiger charge is -2.04. The number of hydrogen-bond donors (Lipinski definition) is 1. The summed E-state index contributed by atoms with van der Waals surface area (Å²) in [4.78, 5) is 11.2. The van der Waals surface area contributed by atoms with Crippen molar-refractivity contribution in [1.82, 2.24) is 5.32 Å². The summed E-state index contributed by atoms with van der Waals surface area (Å²) in [6.45, 7) is 7.36. The van der Waals surface area contributed by atoms with Crippen molar-refractivity contribution in [3.05, 3.63) is 35.9 Å². The number of nitrogens with one attached hydrogen (secondary N) is 1. The molecule has 0 aliphatic carbocycles. The number of carbonyl (C=O) groups excluding carboxylic acids is 1. The summed E-state index contributed by atoms with van der Waals surface area (Å²) in [6.07, 6.45) is 0.949. The topological polar surface area (TPSA) is 38.3 Å². The largest absolute Gasteiger partial charge is 0.367 e. The van der Waals surface area contributed by atoms with Gasteiger partial charge in [-0.1, -0.05) is 51.1 Å². The van der Waals surface area contributed by atoms with Gasteiger partial charge in [0.2, 0.25) is 5.91 Å². The molecule has 0 unspecified atom stereocenters. The first-order chi connectivity index (χ1) is 8.33. The third kappa shape index (κ3) is 8.46. The van der Waals surface area contributed by atoms with Crippen LogP contribution in [0.3, 0.4) is 0 Å². The summed E-state index contributed by atoms with van der Waals surface area (Å²) >= 11 is 0. The number of carbonyl (C=O) groups is 1. The zero-order valence-corrected chi connectivity index (χ0v) is 11.0. The van der Waals surface area contributed by atoms with Gasteiger partial charge in [-0.25, -0.2) is 0 Å². The van der Waals surface area contributed by atoms with E-state index in [-0.39, 0.29) is 12.5 Å². The quantitative estimate of drug-likeness (QED) is 0.826. The first-order valence-corrected chi connectivity index (χ1v) is 6.21. The first-order valence-electron chi connectivity index (χ1n) is 6.21. The van der Waals surface area contributed by atoms with Crippen molar-refractivity contribution in [1.29, 1.82) is 0 Å². The maximum atomic E-state index is 11.2. The molecule has 0 aliphatic rings. The van der Waals surface area contributed by atoms with E-state index in [0.717, 1.165) is 12.0 Å². The third-order valence-electron chi connectivity index (χ3n) is 1.92. The lowest BCUT2D eigenvalue weighted by atomic mass is 10.2. The lowest BCUT2D eigenvalue weighted by molar-refractivity contribution is -0.126. The maximum Gasteiger partial charge on any atom is 0.246 e. The molecule has 0 saturated carbocycles. The molecule has 0 saturated heterocycles. The van der Waals surface area contributed by atoms with Gasteiger partial charge in [0.1, 0.15) is 6.61 Å². The number of amides is 1. The molecule has 0 atom stereocenters.